The van der Waals surface area contributed by atoms with Gasteiger partial charge in [-0.3, -0.25) is 4.79 Å². The predicted molar refractivity (Wildman–Crippen MR) is 131 cm³/mol. The van der Waals surface area contributed by atoms with E-state index in [2.05, 4.69) is 23.8 Å². The van der Waals surface area contributed by atoms with Crippen molar-refractivity contribution in [3.05, 3.63) is 24.3 Å². The molecule has 1 unspecified atom stereocenters. The molecule has 12 nitrogen and oxygen atoms in total. The van der Waals surface area contributed by atoms with Crippen molar-refractivity contribution in [2.75, 3.05) is 52.7 Å². The first-order valence-electron chi connectivity index (χ1n) is 11.6. The molecule has 2 N–H and O–H groups in total. The highest BCUT2D eigenvalue weighted by Gasteiger charge is 2.35. The van der Waals surface area contributed by atoms with Gasteiger partial charge in [-0.2, -0.15) is 0 Å². The highest BCUT2D eigenvalue weighted by Crippen LogP contribution is 2.23. The second-order valence-electron chi connectivity index (χ2n) is 9.17. The van der Waals surface area contributed by atoms with Crippen LogP contribution in [0.3, 0.4) is 0 Å². The van der Waals surface area contributed by atoms with Gasteiger partial charge >= 0.3 is 18.2 Å². The van der Waals surface area contributed by atoms with Crippen LogP contribution in [0.15, 0.2) is 24.3 Å². The molecule has 0 aliphatic heterocycles. The monoisotopic (exact) mass is 518 g/mol. The first kappa shape index (κ1) is 33.3. The number of hydrogen-bond donors (Lipinski definition) is 2. The van der Waals surface area contributed by atoms with Gasteiger partial charge in [-0.25, -0.2) is 29.1 Å². The van der Waals surface area contributed by atoms with Crippen LogP contribution >= 0.6 is 0 Å². The third kappa shape index (κ3) is 16.9. The molecule has 0 fully saturated rings. The van der Waals surface area contributed by atoms with Crippen molar-refractivity contribution in [1.29, 1.82) is 0 Å². The van der Waals surface area contributed by atoms with Gasteiger partial charge < -0.3 is 24.8 Å². The van der Waals surface area contributed by atoms with Gasteiger partial charge in [0.25, 0.3) is 0 Å². The number of esters is 1. The van der Waals surface area contributed by atoms with Crippen molar-refractivity contribution in [2.45, 2.75) is 53.6 Å². The third-order valence-corrected chi connectivity index (χ3v) is 4.48. The van der Waals surface area contributed by atoms with Gasteiger partial charge in [-0.1, -0.05) is 31.2 Å². The third-order valence-electron chi connectivity index (χ3n) is 4.48. The smallest absolute Gasteiger partial charge is 0.408 e. The molecule has 0 radical (unpaired) electrons. The van der Waals surface area contributed by atoms with Gasteiger partial charge in [0.1, 0.15) is 26.4 Å². The van der Waals surface area contributed by atoms with E-state index in [0.717, 1.165) is 11.1 Å². The first-order valence-corrected chi connectivity index (χ1v) is 11.6. The van der Waals surface area contributed by atoms with Crippen molar-refractivity contribution >= 4 is 18.2 Å². The topological polar surface area (TPSA) is 140 Å². The number of nitrogens with one attached hydrogen (secondary N) is 2. The average molecular weight is 519 g/mol. The fraction of sp³-hybridized carbons (Fsp3) is 0.708. The summed E-state index contributed by atoms with van der Waals surface area (Å²) in [6.45, 7) is 17.8. The normalized spacial score (nSPS) is 12.7. The average Bonchev–Trinajstić information content (AvgIpc) is 2.80. The number of carbonyl (C=O) groups excluding carboxylic acids is 3. The van der Waals surface area contributed by atoms with Crippen molar-refractivity contribution in [1.82, 2.24) is 10.6 Å². The number of hydrogen-bond acceptors (Lipinski definition) is 10. The maximum atomic E-state index is 12.4. The van der Waals surface area contributed by atoms with Crippen LogP contribution in [0.1, 0.15) is 48.0 Å². The van der Waals surface area contributed by atoms with Crippen LogP contribution < -0.4 is 10.6 Å². The highest BCUT2D eigenvalue weighted by atomic mass is 17.2. The van der Waals surface area contributed by atoms with E-state index in [0.29, 0.717) is 6.42 Å². The molecule has 12 heteroatoms. The molecule has 0 aliphatic carbocycles. The van der Waals surface area contributed by atoms with Crippen LogP contribution in [0.4, 0.5) is 9.59 Å². The summed E-state index contributed by atoms with van der Waals surface area (Å²) >= 11 is 0. The Morgan fingerprint density at radius 3 is 1.69 bits per heavy atom. The van der Waals surface area contributed by atoms with E-state index in [9.17, 15) is 14.4 Å². The van der Waals surface area contributed by atoms with Crippen LogP contribution in [0.25, 0.3) is 0 Å². The van der Waals surface area contributed by atoms with Crippen molar-refractivity contribution in [3.8, 4) is 0 Å². The minimum absolute atomic E-state index is 0.0653. The molecule has 0 spiro atoms. The molecule has 0 aromatic heterocycles. The number of alkyl carbamates (subject to hydrolysis) is 2. The molecule has 2 amide bonds. The minimum Gasteiger partial charge on any atom is -0.461 e. The molecule has 0 rings (SSSR count). The molecule has 0 saturated carbocycles. The fourth-order valence-electron chi connectivity index (χ4n) is 1.98. The zero-order valence-corrected chi connectivity index (χ0v) is 22.4. The van der Waals surface area contributed by atoms with E-state index in [1.165, 1.54) is 6.92 Å². The van der Waals surface area contributed by atoms with Gasteiger partial charge in [0.05, 0.1) is 18.6 Å². The second-order valence-corrected chi connectivity index (χ2v) is 9.17. The summed E-state index contributed by atoms with van der Waals surface area (Å²) in [4.78, 5) is 56.2. The molecule has 36 heavy (non-hydrogen) atoms. The van der Waals surface area contributed by atoms with Crippen molar-refractivity contribution in [2.24, 2.45) is 5.41 Å². The SMILES string of the molecule is C=C(C)COOCCNC(=O)OCC(C)(COC(=O)C(C)(C)CC)OC(=O)NCCOOCC(=C)C. The lowest BCUT2D eigenvalue weighted by molar-refractivity contribution is -0.286. The van der Waals surface area contributed by atoms with Gasteiger partial charge in [0, 0.05) is 13.1 Å². The summed E-state index contributed by atoms with van der Waals surface area (Å²) in [5, 5.41) is 4.95. The Kier molecular flexibility index (Phi) is 16.4. The Morgan fingerprint density at radius 1 is 0.750 bits per heavy atom. The Morgan fingerprint density at radius 2 is 1.22 bits per heavy atom. The van der Waals surface area contributed by atoms with E-state index in [4.69, 9.17) is 33.8 Å². The highest BCUT2D eigenvalue weighted by molar-refractivity contribution is 5.76. The van der Waals surface area contributed by atoms with Crippen LogP contribution in [0.5, 0.6) is 0 Å². The molecular formula is C24H42N2O10. The molecule has 0 aliphatic rings. The summed E-state index contributed by atoms with van der Waals surface area (Å²) in [5.41, 5.74) is -0.613. The van der Waals surface area contributed by atoms with E-state index in [-0.39, 0.29) is 52.7 Å². The fourth-order valence-corrected chi connectivity index (χ4v) is 1.98. The van der Waals surface area contributed by atoms with Crippen LogP contribution in [-0.4, -0.2) is 76.5 Å². The van der Waals surface area contributed by atoms with E-state index in [1.807, 2.05) is 6.92 Å². The van der Waals surface area contributed by atoms with E-state index in [1.54, 1.807) is 27.7 Å². The van der Waals surface area contributed by atoms with Crippen LogP contribution in [0, 0.1) is 5.41 Å². The molecule has 0 aromatic carbocycles. The summed E-state index contributed by atoms with van der Waals surface area (Å²) < 4.78 is 16.0. The standard InChI is InChI=1S/C24H42N2O10/c1-9-23(6,7)20(27)30-16-24(8,36-22(29)26-11-13-33-35-15-19(4)5)17-31-21(28)25-10-12-32-34-14-18(2)3/h2,4,9-17H2,1,3,5-8H3,(H,25,28)(H,26,29). The molecule has 1 atom stereocenters. The molecule has 0 saturated heterocycles. The van der Waals surface area contributed by atoms with Gasteiger partial charge in [0.15, 0.2) is 5.60 Å². The Hall–Kier alpha value is -2.67. The van der Waals surface area contributed by atoms with Gasteiger partial charge in [0.2, 0.25) is 0 Å². The second kappa shape index (κ2) is 17.7. The maximum absolute atomic E-state index is 12.4. The Balaban J connectivity index is 4.73. The lowest BCUT2D eigenvalue weighted by atomic mass is 9.90. The van der Waals surface area contributed by atoms with Gasteiger partial charge in [-0.15, -0.1) is 0 Å². The van der Waals surface area contributed by atoms with Crippen LogP contribution in [-0.2, 0) is 38.6 Å². The number of amides is 2. The number of carbonyl (C=O) groups is 3. The first-order chi connectivity index (χ1) is 16.8. The molecule has 0 aromatic rings. The molecule has 0 bridgehead atoms. The number of rotatable bonds is 19. The van der Waals surface area contributed by atoms with Crippen LogP contribution in [0.2, 0.25) is 0 Å². The lowest BCUT2D eigenvalue weighted by Gasteiger charge is -2.30. The minimum atomic E-state index is -1.46. The summed E-state index contributed by atoms with van der Waals surface area (Å²) in [5.74, 6) is -0.473. The van der Waals surface area contributed by atoms with E-state index < -0.39 is 29.2 Å². The molecule has 208 valence electrons. The summed E-state index contributed by atoms with van der Waals surface area (Å²) in [6.07, 6.45) is -1.05. The zero-order valence-electron chi connectivity index (χ0n) is 22.4. The Labute approximate surface area is 213 Å². The van der Waals surface area contributed by atoms with Crippen molar-refractivity contribution < 1.29 is 48.1 Å². The predicted octanol–water partition coefficient (Wildman–Crippen LogP) is 3.23. The van der Waals surface area contributed by atoms with Gasteiger partial charge in [-0.05, 0) is 41.0 Å². The zero-order chi connectivity index (χ0) is 27.6. The largest absolute Gasteiger partial charge is 0.461 e. The molecule has 0 heterocycles. The Bertz CT molecular complexity index is 726. The van der Waals surface area contributed by atoms with Crippen molar-refractivity contribution in [3.63, 3.8) is 0 Å². The summed E-state index contributed by atoms with van der Waals surface area (Å²) in [6, 6.07) is 0. The maximum Gasteiger partial charge on any atom is 0.408 e. The molecular weight excluding hydrogens is 476 g/mol. The summed E-state index contributed by atoms with van der Waals surface area (Å²) in [7, 11) is 0. The number of ether oxygens (including phenoxy) is 3. The van der Waals surface area contributed by atoms with E-state index >= 15 is 0 Å². The quantitative estimate of drug-likeness (QED) is 0.0654. The lowest BCUT2D eigenvalue weighted by Crippen LogP contribution is -2.47.